The number of hydrogen-bond acceptors (Lipinski definition) is 4. The van der Waals surface area contributed by atoms with E-state index in [1.54, 1.807) is 36.5 Å². The molecule has 5 aromatic rings. The van der Waals surface area contributed by atoms with Crippen LogP contribution in [0.1, 0.15) is 5.56 Å². The number of nitrogens with one attached hydrogen (secondary N) is 3. The van der Waals surface area contributed by atoms with Gasteiger partial charge in [-0.25, -0.2) is 9.78 Å². The number of carbonyl (C=O) groups excluding carboxylic acids is 1. The highest BCUT2D eigenvalue weighted by atomic mass is 35.5. The van der Waals surface area contributed by atoms with Crippen LogP contribution in [0.2, 0.25) is 5.02 Å². The van der Waals surface area contributed by atoms with Crippen molar-refractivity contribution in [2.45, 2.75) is 6.92 Å². The first-order chi connectivity index (χ1) is 15.5. The molecule has 0 spiro atoms. The maximum Gasteiger partial charge on any atom is 0.323 e. The van der Waals surface area contributed by atoms with Crippen LogP contribution in [0.15, 0.2) is 77.3 Å². The van der Waals surface area contributed by atoms with E-state index in [1.807, 2.05) is 43.3 Å². The van der Waals surface area contributed by atoms with E-state index in [9.17, 15) is 4.79 Å². The third kappa shape index (κ3) is 4.06. The number of rotatable bonds is 4. The van der Waals surface area contributed by atoms with Crippen molar-refractivity contribution in [1.82, 2.24) is 15.2 Å². The van der Waals surface area contributed by atoms with Crippen LogP contribution in [-0.4, -0.2) is 21.2 Å². The van der Waals surface area contributed by atoms with Crippen LogP contribution < -0.4 is 10.6 Å². The molecule has 0 saturated carbocycles. The predicted octanol–water partition coefficient (Wildman–Crippen LogP) is 6.49. The minimum atomic E-state index is -0.372. The second-order valence-corrected chi connectivity index (χ2v) is 7.76. The molecule has 32 heavy (non-hydrogen) atoms. The lowest BCUT2D eigenvalue weighted by atomic mass is 10.1. The first-order valence-corrected chi connectivity index (χ1v) is 10.3. The average molecular weight is 444 g/mol. The highest BCUT2D eigenvalue weighted by Gasteiger charge is 2.16. The summed E-state index contributed by atoms with van der Waals surface area (Å²) in [6, 6.07) is 19.9. The molecule has 0 radical (unpaired) electrons. The first-order valence-electron chi connectivity index (χ1n) is 9.90. The van der Waals surface area contributed by atoms with Gasteiger partial charge in [0.2, 0.25) is 5.89 Å². The van der Waals surface area contributed by atoms with Crippen LogP contribution in [0, 0.1) is 6.92 Å². The Labute approximate surface area is 188 Å². The molecule has 0 aliphatic rings. The molecule has 0 atom stereocenters. The zero-order chi connectivity index (χ0) is 22.1. The quantitative estimate of drug-likeness (QED) is 0.295. The van der Waals surface area contributed by atoms with Gasteiger partial charge in [-0.05, 0) is 55.0 Å². The number of aromatic amines is 1. The molecule has 0 aliphatic carbocycles. The molecule has 0 bridgehead atoms. The second kappa shape index (κ2) is 8.20. The topological polar surface area (TPSA) is 95.8 Å². The number of oxazole rings is 1. The van der Waals surface area contributed by atoms with Gasteiger partial charge in [-0.3, -0.25) is 5.10 Å². The number of benzene rings is 3. The Morgan fingerprint density at radius 2 is 1.78 bits per heavy atom. The van der Waals surface area contributed by atoms with Crippen molar-refractivity contribution in [3.63, 3.8) is 0 Å². The van der Waals surface area contributed by atoms with Crippen molar-refractivity contribution in [2.75, 3.05) is 10.6 Å². The zero-order valence-electron chi connectivity index (χ0n) is 17.0. The van der Waals surface area contributed by atoms with Crippen molar-refractivity contribution in [1.29, 1.82) is 0 Å². The maximum atomic E-state index is 12.4. The Morgan fingerprint density at radius 3 is 2.59 bits per heavy atom. The summed E-state index contributed by atoms with van der Waals surface area (Å²) >= 11 is 5.97. The van der Waals surface area contributed by atoms with Gasteiger partial charge in [0.15, 0.2) is 5.58 Å². The van der Waals surface area contributed by atoms with Gasteiger partial charge in [0, 0.05) is 22.0 Å². The number of aryl methyl sites for hydroxylation is 1. The van der Waals surface area contributed by atoms with Crippen LogP contribution in [0.25, 0.3) is 33.8 Å². The van der Waals surface area contributed by atoms with Gasteiger partial charge in [0.05, 0.1) is 17.5 Å². The maximum absolute atomic E-state index is 12.4. The van der Waals surface area contributed by atoms with E-state index >= 15 is 0 Å². The van der Waals surface area contributed by atoms with Crippen molar-refractivity contribution in [2.24, 2.45) is 0 Å². The highest BCUT2D eigenvalue weighted by Crippen LogP contribution is 2.33. The Bertz CT molecular complexity index is 1440. The summed E-state index contributed by atoms with van der Waals surface area (Å²) in [7, 11) is 0. The largest absolute Gasteiger partial charge is 0.436 e. The summed E-state index contributed by atoms with van der Waals surface area (Å²) in [5.41, 5.74) is 6.14. The third-order valence-electron chi connectivity index (χ3n) is 4.91. The molecule has 0 unspecified atom stereocenters. The van der Waals surface area contributed by atoms with Gasteiger partial charge >= 0.3 is 6.03 Å². The molecule has 2 aromatic heterocycles. The van der Waals surface area contributed by atoms with E-state index in [4.69, 9.17) is 16.0 Å². The molecule has 2 amide bonds. The van der Waals surface area contributed by atoms with Crippen molar-refractivity contribution in [3.8, 4) is 22.7 Å². The standard InChI is InChI=1S/C24H18ClN5O2/c1-14-8-9-20-21(10-14)32-23(29-20)19-13-26-30-22(19)15-4-2-6-17(11-15)27-24(31)28-18-7-3-5-16(25)12-18/h2-13H,1H3,(H,26,30)(H2,27,28,31). The molecule has 3 N–H and O–H groups in total. The Balaban J connectivity index is 1.40. The van der Waals surface area contributed by atoms with Crippen molar-refractivity contribution < 1.29 is 9.21 Å². The minimum absolute atomic E-state index is 0.372. The van der Waals surface area contributed by atoms with Crippen molar-refractivity contribution >= 4 is 40.1 Å². The number of fused-ring (bicyclic) bond motifs is 1. The molecular weight excluding hydrogens is 426 g/mol. The van der Waals surface area contributed by atoms with Gasteiger partial charge in [0.1, 0.15) is 5.52 Å². The summed E-state index contributed by atoms with van der Waals surface area (Å²) in [5, 5.41) is 13.3. The third-order valence-corrected chi connectivity index (χ3v) is 5.14. The van der Waals surface area contributed by atoms with E-state index in [0.717, 1.165) is 33.5 Å². The van der Waals surface area contributed by atoms with E-state index in [1.165, 1.54) is 0 Å². The smallest absolute Gasteiger partial charge is 0.323 e. The van der Waals surface area contributed by atoms with Gasteiger partial charge in [-0.15, -0.1) is 0 Å². The monoisotopic (exact) mass is 443 g/mol. The fraction of sp³-hybridized carbons (Fsp3) is 0.0417. The van der Waals surface area contributed by atoms with E-state index in [-0.39, 0.29) is 6.03 Å². The van der Waals surface area contributed by atoms with Crippen LogP contribution in [-0.2, 0) is 0 Å². The molecule has 0 aliphatic heterocycles. The van der Waals surface area contributed by atoms with Crippen LogP contribution in [0.4, 0.5) is 16.2 Å². The molecule has 5 rings (SSSR count). The van der Waals surface area contributed by atoms with Gasteiger partial charge < -0.3 is 15.1 Å². The Kier molecular flexibility index (Phi) is 5.09. The molecular formula is C24H18ClN5O2. The molecule has 2 heterocycles. The number of urea groups is 1. The van der Waals surface area contributed by atoms with Crippen molar-refractivity contribution in [3.05, 3.63) is 83.5 Å². The fourth-order valence-electron chi connectivity index (χ4n) is 3.43. The van der Waals surface area contributed by atoms with E-state index in [0.29, 0.717) is 22.3 Å². The number of amides is 2. The zero-order valence-corrected chi connectivity index (χ0v) is 17.8. The number of hydrogen-bond donors (Lipinski definition) is 3. The summed E-state index contributed by atoms with van der Waals surface area (Å²) in [6.45, 7) is 2.01. The number of nitrogens with zero attached hydrogens (tertiary/aromatic N) is 2. The van der Waals surface area contributed by atoms with Gasteiger partial charge in [0.25, 0.3) is 0 Å². The predicted molar refractivity (Wildman–Crippen MR) is 126 cm³/mol. The number of aromatic nitrogens is 3. The molecule has 3 aromatic carbocycles. The molecule has 0 fully saturated rings. The second-order valence-electron chi connectivity index (χ2n) is 7.32. The summed E-state index contributed by atoms with van der Waals surface area (Å²) < 4.78 is 5.96. The number of H-pyrrole nitrogens is 1. The van der Waals surface area contributed by atoms with Crippen LogP contribution in [0.5, 0.6) is 0 Å². The number of carbonyl (C=O) groups is 1. The normalized spacial score (nSPS) is 10.9. The van der Waals surface area contributed by atoms with Gasteiger partial charge in [-0.1, -0.05) is 35.9 Å². The molecule has 0 saturated heterocycles. The summed E-state index contributed by atoms with van der Waals surface area (Å²) in [6.07, 6.45) is 1.68. The van der Waals surface area contributed by atoms with E-state index < -0.39 is 0 Å². The fourth-order valence-corrected chi connectivity index (χ4v) is 3.62. The lowest BCUT2D eigenvalue weighted by Gasteiger charge is -2.09. The lowest BCUT2D eigenvalue weighted by molar-refractivity contribution is 0.262. The van der Waals surface area contributed by atoms with E-state index in [2.05, 4.69) is 25.8 Å². The SMILES string of the molecule is Cc1ccc2nc(-c3cn[nH]c3-c3cccc(NC(=O)Nc4cccc(Cl)c4)c3)oc2c1. The van der Waals surface area contributed by atoms with Crippen LogP contribution in [0.3, 0.4) is 0 Å². The molecule has 7 nitrogen and oxygen atoms in total. The minimum Gasteiger partial charge on any atom is -0.436 e. The lowest BCUT2D eigenvalue weighted by Crippen LogP contribution is -2.19. The molecule has 158 valence electrons. The number of halogens is 1. The Morgan fingerprint density at radius 1 is 1.00 bits per heavy atom. The highest BCUT2D eigenvalue weighted by molar-refractivity contribution is 6.30. The molecule has 8 heteroatoms. The Hall–Kier alpha value is -4.10. The summed E-state index contributed by atoms with van der Waals surface area (Å²) in [4.78, 5) is 17.0. The summed E-state index contributed by atoms with van der Waals surface area (Å²) in [5.74, 6) is 0.478. The first kappa shape index (κ1) is 19.8. The average Bonchev–Trinajstić information content (AvgIpc) is 3.40. The van der Waals surface area contributed by atoms with Crippen LogP contribution >= 0.6 is 11.6 Å². The number of anilines is 2. The van der Waals surface area contributed by atoms with Gasteiger partial charge in [-0.2, -0.15) is 5.10 Å².